The molecular formula is C21H15F3N4O4. The summed E-state index contributed by atoms with van der Waals surface area (Å²) in [5.41, 5.74) is -6.76. The number of aryl methyl sites for hydroxylation is 1. The number of fused-ring (bicyclic) bond motifs is 1. The average molecular weight is 444 g/mol. The summed E-state index contributed by atoms with van der Waals surface area (Å²) >= 11 is 0. The van der Waals surface area contributed by atoms with Crippen molar-refractivity contribution in [2.24, 2.45) is 0 Å². The lowest BCUT2D eigenvalue weighted by atomic mass is 9.91. The molecule has 0 aliphatic carbocycles. The number of nitrogens with zero attached hydrogens (tertiary/aromatic N) is 1. The molecule has 0 unspecified atom stereocenters. The number of amides is 2. The molecule has 2 amide bonds. The number of carbonyl (C=O) groups is 2. The van der Waals surface area contributed by atoms with E-state index in [0.29, 0.717) is 5.56 Å². The molecule has 1 aromatic heterocycles. The maximum atomic E-state index is 14.4. The van der Waals surface area contributed by atoms with E-state index in [2.05, 4.69) is 0 Å². The van der Waals surface area contributed by atoms with E-state index >= 15 is 0 Å². The van der Waals surface area contributed by atoms with Crippen LogP contribution in [0.25, 0.3) is 5.69 Å². The summed E-state index contributed by atoms with van der Waals surface area (Å²) in [5.74, 6) is -3.59. The van der Waals surface area contributed by atoms with Gasteiger partial charge in [-0.2, -0.15) is 13.2 Å². The monoisotopic (exact) mass is 444 g/mol. The predicted octanol–water partition coefficient (Wildman–Crippen LogP) is 1.97. The number of aromatic nitrogens is 2. The quantitative estimate of drug-likeness (QED) is 0.573. The van der Waals surface area contributed by atoms with Gasteiger partial charge in [0.1, 0.15) is 11.4 Å². The van der Waals surface area contributed by atoms with Gasteiger partial charge in [-0.15, -0.1) is 0 Å². The summed E-state index contributed by atoms with van der Waals surface area (Å²) in [6.45, 7) is 1.64. The van der Waals surface area contributed by atoms with E-state index in [1.165, 1.54) is 42.5 Å². The van der Waals surface area contributed by atoms with Crippen molar-refractivity contribution in [2.45, 2.75) is 18.6 Å². The Balaban J connectivity index is 1.98. The van der Waals surface area contributed by atoms with Crippen LogP contribution in [0.15, 0.2) is 64.2 Å². The third kappa shape index (κ3) is 3.09. The summed E-state index contributed by atoms with van der Waals surface area (Å²) in [6.07, 6.45) is -5.41. The van der Waals surface area contributed by atoms with Crippen LogP contribution in [-0.2, 0) is 10.3 Å². The maximum Gasteiger partial charge on any atom is 0.425 e. The predicted molar refractivity (Wildman–Crippen MR) is 108 cm³/mol. The van der Waals surface area contributed by atoms with Crippen LogP contribution in [0, 0.1) is 6.92 Å². The lowest BCUT2D eigenvalue weighted by molar-refractivity contribution is -0.196. The van der Waals surface area contributed by atoms with Crippen molar-refractivity contribution in [1.82, 2.24) is 14.9 Å². The van der Waals surface area contributed by atoms with Gasteiger partial charge in [-0.1, -0.05) is 35.9 Å². The number of alkyl halides is 3. The van der Waals surface area contributed by atoms with Crippen LogP contribution in [0.2, 0.25) is 0 Å². The molecule has 0 bridgehead atoms. The summed E-state index contributed by atoms with van der Waals surface area (Å²) in [7, 11) is 0. The first kappa shape index (κ1) is 21.1. The lowest BCUT2D eigenvalue weighted by Gasteiger charge is -2.30. The Hall–Kier alpha value is -4.15. The Morgan fingerprint density at radius 1 is 1.03 bits per heavy atom. The van der Waals surface area contributed by atoms with Crippen LogP contribution >= 0.6 is 0 Å². The second-order valence-electron chi connectivity index (χ2n) is 7.18. The molecule has 8 nitrogen and oxygen atoms in total. The zero-order valence-electron chi connectivity index (χ0n) is 16.4. The molecule has 164 valence electrons. The first-order valence-electron chi connectivity index (χ1n) is 9.29. The third-order valence-corrected chi connectivity index (χ3v) is 5.08. The van der Waals surface area contributed by atoms with E-state index in [9.17, 15) is 32.3 Å². The SMILES string of the molecule is Cc1cccc(C(=O)N[C@@]2(C(F)(F)F)C(=O)Nc3c2c(=O)[nH]c(=O)n3-c2ccccc2)c1. The number of benzene rings is 2. The molecule has 0 saturated carbocycles. The smallest absolute Gasteiger partial charge is 0.326 e. The molecule has 32 heavy (non-hydrogen) atoms. The highest BCUT2D eigenvalue weighted by molar-refractivity contribution is 6.09. The van der Waals surface area contributed by atoms with Crippen LogP contribution < -0.4 is 21.9 Å². The van der Waals surface area contributed by atoms with E-state index in [1.807, 2.05) is 10.3 Å². The van der Waals surface area contributed by atoms with E-state index in [1.54, 1.807) is 24.4 Å². The van der Waals surface area contributed by atoms with Crippen LogP contribution in [0.1, 0.15) is 21.5 Å². The number of nitrogens with one attached hydrogen (secondary N) is 3. The van der Waals surface area contributed by atoms with E-state index in [-0.39, 0.29) is 11.3 Å². The van der Waals surface area contributed by atoms with Crippen molar-refractivity contribution in [3.63, 3.8) is 0 Å². The lowest BCUT2D eigenvalue weighted by Crippen LogP contribution is -2.62. The Morgan fingerprint density at radius 2 is 1.72 bits per heavy atom. The Labute approximate surface area is 177 Å². The minimum atomic E-state index is -5.41. The zero-order chi connectivity index (χ0) is 23.3. The largest absolute Gasteiger partial charge is 0.425 e. The van der Waals surface area contributed by atoms with Gasteiger partial charge in [0.2, 0.25) is 0 Å². The molecule has 3 N–H and O–H groups in total. The van der Waals surface area contributed by atoms with E-state index in [4.69, 9.17) is 0 Å². The van der Waals surface area contributed by atoms with Gasteiger partial charge < -0.3 is 10.6 Å². The summed E-state index contributed by atoms with van der Waals surface area (Å²) < 4.78 is 43.9. The second kappa shape index (κ2) is 7.22. The van der Waals surface area contributed by atoms with Gasteiger partial charge in [-0.25, -0.2) is 9.36 Å². The van der Waals surface area contributed by atoms with Gasteiger partial charge in [0.05, 0.1) is 5.69 Å². The van der Waals surface area contributed by atoms with Crippen molar-refractivity contribution >= 4 is 17.6 Å². The van der Waals surface area contributed by atoms with Gasteiger partial charge in [-0.3, -0.25) is 19.4 Å². The summed E-state index contributed by atoms with van der Waals surface area (Å²) in [5, 5.41) is 3.69. The standard InChI is InChI=1S/C21H15F3N4O4/c1-11-6-5-7-12(10-11)16(29)27-20(21(22,23)24)14-15(25-18(20)31)28(19(32)26-17(14)30)13-8-3-2-4-9-13/h2-10H,1H3,(H,25,31)(H,27,29)(H,26,30,32)/t20-/m1/s1. The molecular weight excluding hydrogens is 429 g/mol. The summed E-state index contributed by atoms with van der Waals surface area (Å²) in [4.78, 5) is 52.3. The van der Waals surface area contributed by atoms with Crippen LogP contribution in [0.4, 0.5) is 19.0 Å². The van der Waals surface area contributed by atoms with Crippen molar-refractivity contribution in [3.05, 3.63) is 92.1 Å². The fraction of sp³-hybridized carbons (Fsp3) is 0.143. The molecule has 0 saturated heterocycles. The van der Waals surface area contributed by atoms with Crippen molar-refractivity contribution in [2.75, 3.05) is 5.32 Å². The van der Waals surface area contributed by atoms with Crippen molar-refractivity contribution in [3.8, 4) is 5.69 Å². The minimum Gasteiger partial charge on any atom is -0.326 e. The van der Waals surface area contributed by atoms with E-state index < -0.39 is 46.2 Å². The van der Waals surface area contributed by atoms with Crippen molar-refractivity contribution < 1.29 is 22.8 Å². The average Bonchev–Trinajstić information content (AvgIpc) is 3.02. The second-order valence-corrected chi connectivity index (χ2v) is 7.18. The topological polar surface area (TPSA) is 113 Å². The highest BCUT2D eigenvalue weighted by Gasteiger charge is 2.68. The number of para-hydroxylation sites is 1. The van der Waals surface area contributed by atoms with Gasteiger partial charge in [-0.05, 0) is 31.2 Å². The fourth-order valence-electron chi connectivity index (χ4n) is 3.63. The number of hydrogen-bond acceptors (Lipinski definition) is 4. The Morgan fingerprint density at radius 3 is 2.34 bits per heavy atom. The Kier molecular flexibility index (Phi) is 4.76. The molecule has 0 fully saturated rings. The molecule has 0 spiro atoms. The fourth-order valence-corrected chi connectivity index (χ4v) is 3.63. The molecule has 1 atom stereocenters. The number of hydrogen-bond donors (Lipinski definition) is 3. The molecule has 11 heteroatoms. The summed E-state index contributed by atoms with van der Waals surface area (Å²) in [6, 6.07) is 13.2. The number of carbonyl (C=O) groups excluding carboxylic acids is 2. The first-order valence-corrected chi connectivity index (χ1v) is 9.29. The maximum absolute atomic E-state index is 14.4. The number of rotatable bonds is 3. The number of H-pyrrole nitrogens is 1. The van der Waals surface area contributed by atoms with E-state index in [0.717, 1.165) is 4.57 Å². The van der Waals surface area contributed by atoms with Crippen molar-refractivity contribution in [1.29, 1.82) is 0 Å². The van der Waals surface area contributed by atoms with Gasteiger partial charge >= 0.3 is 11.9 Å². The molecule has 0 radical (unpaired) electrons. The molecule has 1 aliphatic rings. The molecule has 1 aliphatic heterocycles. The van der Waals surface area contributed by atoms with Gasteiger partial charge in [0.25, 0.3) is 22.9 Å². The van der Waals surface area contributed by atoms with Gasteiger partial charge in [0.15, 0.2) is 0 Å². The number of aromatic amines is 1. The molecule has 2 aromatic carbocycles. The minimum absolute atomic E-state index is 0.105. The van der Waals surface area contributed by atoms with Crippen LogP contribution in [-0.4, -0.2) is 27.5 Å². The third-order valence-electron chi connectivity index (χ3n) is 5.08. The number of anilines is 1. The molecule has 3 aromatic rings. The molecule has 2 heterocycles. The Bertz CT molecular complexity index is 1360. The van der Waals surface area contributed by atoms with Gasteiger partial charge in [0, 0.05) is 5.56 Å². The zero-order valence-corrected chi connectivity index (χ0v) is 16.4. The van der Waals surface area contributed by atoms with Crippen LogP contribution in [0.3, 0.4) is 0 Å². The normalized spacial score (nSPS) is 17.6. The van der Waals surface area contributed by atoms with Crippen LogP contribution in [0.5, 0.6) is 0 Å². The highest BCUT2D eigenvalue weighted by Crippen LogP contribution is 2.45. The molecule has 4 rings (SSSR count). The first-order chi connectivity index (χ1) is 15.1. The highest BCUT2D eigenvalue weighted by atomic mass is 19.4. The number of halogens is 3.